The molecule has 0 radical (unpaired) electrons. The summed E-state index contributed by atoms with van der Waals surface area (Å²) in [6.45, 7) is 2.75. The molecular weight excluding hydrogens is 298 g/mol. The quantitative estimate of drug-likeness (QED) is 0.608. The SMILES string of the molecule is CCC(C)COC(C1CCCCC1)(C(F)(F)F)C(F)(F)F. The first-order valence-electron chi connectivity index (χ1n) is 7.33. The Hall–Kier alpha value is -0.460. The molecule has 1 aliphatic carbocycles. The maximum absolute atomic E-state index is 13.4. The van der Waals surface area contributed by atoms with Crippen LogP contribution in [0.4, 0.5) is 26.3 Å². The summed E-state index contributed by atoms with van der Waals surface area (Å²) in [6.07, 6.45) is -9.21. The van der Waals surface area contributed by atoms with Gasteiger partial charge in [-0.2, -0.15) is 26.3 Å². The van der Waals surface area contributed by atoms with E-state index in [9.17, 15) is 26.3 Å². The Kier molecular flexibility index (Phi) is 5.98. The van der Waals surface area contributed by atoms with Gasteiger partial charge in [0.05, 0.1) is 6.61 Å². The molecule has 7 heteroatoms. The van der Waals surface area contributed by atoms with Gasteiger partial charge in [0, 0.05) is 5.92 Å². The minimum absolute atomic E-state index is 0.0977. The van der Waals surface area contributed by atoms with E-state index in [1.54, 1.807) is 13.8 Å². The van der Waals surface area contributed by atoms with Crippen LogP contribution in [0.3, 0.4) is 0 Å². The maximum Gasteiger partial charge on any atom is 0.426 e. The zero-order valence-corrected chi connectivity index (χ0v) is 12.3. The predicted octanol–water partition coefficient (Wildman–Crippen LogP) is 5.49. The van der Waals surface area contributed by atoms with Gasteiger partial charge in [-0.25, -0.2) is 0 Å². The lowest BCUT2D eigenvalue weighted by Gasteiger charge is -2.44. The Balaban J connectivity index is 3.15. The summed E-state index contributed by atoms with van der Waals surface area (Å²) < 4.78 is 84.8. The summed E-state index contributed by atoms with van der Waals surface area (Å²) in [7, 11) is 0. The van der Waals surface area contributed by atoms with E-state index in [0.717, 1.165) is 0 Å². The average Bonchev–Trinajstić information content (AvgIpc) is 2.37. The standard InChI is InChI=1S/C14H22F6O/c1-3-10(2)9-21-12(13(15,16)17,14(18,19)20)11-7-5-4-6-8-11/h10-11H,3-9H2,1-2H3. The van der Waals surface area contributed by atoms with Gasteiger partial charge >= 0.3 is 12.4 Å². The zero-order valence-electron chi connectivity index (χ0n) is 12.3. The van der Waals surface area contributed by atoms with Crippen LogP contribution in [0.15, 0.2) is 0 Å². The van der Waals surface area contributed by atoms with Gasteiger partial charge in [-0.05, 0) is 18.8 Å². The van der Waals surface area contributed by atoms with Crippen molar-refractivity contribution in [2.75, 3.05) is 6.61 Å². The number of hydrogen-bond donors (Lipinski definition) is 0. The highest BCUT2D eigenvalue weighted by molar-refractivity contribution is 5.02. The fourth-order valence-electron chi connectivity index (χ4n) is 2.81. The molecule has 0 saturated heterocycles. The molecule has 0 bridgehead atoms. The fraction of sp³-hybridized carbons (Fsp3) is 1.00. The van der Waals surface area contributed by atoms with Crippen LogP contribution in [0.5, 0.6) is 0 Å². The van der Waals surface area contributed by atoms with Crippen molar-refractivity contribution in [2.45, 2.75) is 70.3 Å². The Labute approximate surface area is 121 Å². The highest BCUT2D eigenvalue weighted by Gasteiger charge is 2.75. The highest BCUT2D eigenvalue weighted by atomic mass is 19.4. The number of alkyl halides is 6. The van der Waals surface area contributed by atoms with Gasteiger partial charge in [0.15, 0.2) is 0 Å². The molecule has 0 aromatic heterocycles. The number of hydrogen-bond acceptors (Lipinski definition) is 1. The van der Waals surface area contributed by atoms with E-state index in [-0.39, 0.29) is 18.8 Å². The number of halogens is 6. The smallest absolute Gasteiger partial charge is 0.358 e. The molecule has 0 spiro atoms. The molecule has 21 heavy (non-hydrogen) atoms. The van der Waals surface area contributed by atoms with Gasteiger partial charge in [0.2, 0.25) is 0 Å². The van der Waals surface area contributed by atoms with Gasteiger partial charge in [-0.15, -0.1) is 0 Å². The molecule has 0 aromatic rings. The van der Waals surface area contributed by atoms with Gasteiger partial charge in [0.25, 0.3) is 5.60 Å². The Morgan fingerprint density at radius 1 is 0.952 bits per heavy atom. The van der Waals surface area contributed by atoms with Gasteiger partial charge in [-0.1, -0.05) is 39.5 Å². The van der Waals surface area contributed by atoms with E-state index in [0.29, 0.717) is 25.7 Å². The monoisotopic (exact) mass is 320 g/mol. The van der Waals surface area contributed by atoms with E-state index in [1.807, 2.05) is 0 Å². The second-order valence-corrected chi connectivity index (χ2v) is 5.89. The molecule has 1 aliphatic rings. The molecule has 1 fully saturated rings. The molecule has 1 saturated carbocycles. The molecule has 0 amide bonds. The minimum Gasteiger partial charge on any atom is -0.358 e. The van der Waals surface area contributed by atoms with E-state index in [4.69, 9.17) is 0 Å². The van der Waals surface area contributed by atoms with Crippen molar-refractivity contribution in [2.24, 2.45) is 11.8 Å². The topological polar surface area (TPSA) is 9.23 Å². The summed E-state index contributed by atoms with van der Waals surface area (Å²) in [5, 5.41) is 0. The third-order valence-corrected chi connectivity index (χ3v) is 4.31. The van der Waals surface area contributed by atoms with Crippen LogP contribution in [0, 0.1) is 11.8 Å². The highest BCUT2D eigenvalue weighted by Crippen LogP contribution is 2.54. The second kappa shape index (κ2) is 6.75. The van der Waals surface area contributed by atoms with E-state index in [1.165, 1.54) is 0 Å². The normalized spacial score (nSPS) is 20.6. The molecule has 0 aromatic carbocycles. The van der Waals surface area contributed by atoms with Crippen LogP contribution in [0.1, 0.15) is 52.4 Å². The molecule has 0 heterocycles. The largest absolute Gasteiger partial charge is 0.426 e. The van der Waals surface area contributed by atoms with Crippen LogP contribution in [0.2, 0.25) is 0 Å². The molecular formula is C14H22F6O. The summed E-state index contributed by atoms with van der Waals surface area (Å²) in [4.78, 5) is 0. The van der Waals surface area contributed by atoms with Crippen LogP contribution >= 0.6 is 0 Å². The molecule has 1 unspecified atom stereocenters. The first-order chi connectivity index (χ1) is 9.56. The minimum atomic E-state index is -5.46. The lowest BCUT2D eigenvalue weighted by Crippen LogP contribution is -2.64. The van der Waals surface area contributed by atoms with Crippen LogP contribution in [0.25, 0.3) is 0 Å². The number of ether oxygens (including phenoxy) is 1. The second-order valence-electron chi connectivity index (χ2n) is 5.89. The Morgan fingerprint density at radius 2 is 1.43 bits per heavy atom. The van der Waals surface area contributed by atoms with Crippen molar-refractivity contribution in [1.82, 2.24) is 0 Å². The van der Waals surface area contributed by atoms with Gasteiger partial charge in [0.1, 0.15) is 0 Å². The molecule has 126 valence electrons. The van der Waals surface area contributed by atoms with Crippen LogP contribution < -0.4 is 0 Å². The van der Waals surface area contributed by atoms with Crippen LogP contribution in [-0.2, 0) is 4.74 Å². The van der Waals surface area contributed by atoms with Crippen molar-refractivity contribution in [3.05, 3.63) is 0 Å². The third kappa shape index (κ3) is 3.85. The first-order valence-corrected chi connectivity index (χ1v) is 7.33. The Morgan fingerprint density at radius 3 is 1.81 bits per heavy atom. The maximum atomic E-state index is 13.4. The number of rotatable bonds is 5. The zero-order chi connectivity index (χ0) is 16.3. The lowest BCUT2D eigenvalue weighted by atomic mass is 9.75. The lowest BCUT2D eigenvalue weighted by molar-refractivity contribution is -0.401. The summed E-state index contributed by atoms with van der Waals surface area (Å²) >= 11 is 0. The predicted molar refractivity (Wildman–Crippen MR) is 66.8 cm³/mol. The van der Waals surface area contributed by atoms with Gasteiger partial charge < -0.3 is 4.74 Å². The fourth-order valence-corrected chi connectivity index (χ4v) is 2.81. The first kappa shape index (κ1) is 18.6. The third-order valence-electron chi connectivity index (χ3n) is 4.31. The van der Waals surface area contributed by atoms with E-state index in [2.05, 4.69) is 4.74 Å². The molecule has 1 rings (SSSR count). The molecule has 1 nitrogen and oxygen atoms in total. The van der Waals surface area contributed by atoms with Crippen LogP contribution in [-0.4, -0.2) is 24.6 Å². The Bertz CT molecular complexity index is 302. The van der Waals surface area contributed by atoms with E-state index < -0.39 is 30.5 Å². The van der Waals surface area contributed by atoms with Crippen molar-refractivity contribution in [3.63, 3.8) is 0 Å². The summed E-state index contributed by atoms with van der Waals surface area (Å²) in [6, 6.07) is 0. The molecule has 1 atom stereocenters. The van der Waals surface area contributed by atoms with Crippen molar-refractivity contribution in [3.8, 4) is 0 Å². The van der Waals surface area contributed by atoms with Crippen molar-refractivity contribution in [1.29, 1.82) is 0 Å². The average molecular weight is 320 g/mol. The summed E-state index contributed by atoms with van der Waals surface area (Å²) in [5.74, 6) is -1.90. The van der Waals surface area contributed by atoms with Crippen molar-refractivity contribution >= 4 is 0 Å². The molecule has 0 N–H and O–H groups in total. The molecule has 0 aliphatic heterocycles. The van der Waals surface area contributed by atoms with Gasteiger partial charge in [-0.3, -0.25) is 0 Å². The van der Waals surface area contributed by atoms with Crippen molar-refractivity contribution < 1.29 is 31.1 Å². The van der Waals surface area contributed by atoms with E-state index >= 15 is 0 Å². The summed E-state index contributed by atoms with van der Waals surface area (Å²) in [5.41, 5.74) is -4.02.